The molecule has 0 spiro atoms. The maximum absolute atomic E-state index is 12.7. The van der Waals surface area contributed by atoms with Crippen molar-refractivity contribution in [3.63, 3.8) is 0 Å². The zero-order valence-corrected chi connectivity index (χ0v) is 16.4. The molecule has 0 saturated carbocycles. The van der Waals surface area contributed by atoms with Gasteiger partial charge in [-0.3, -0.25) is 4.79 Å². The van der Waals surface area contributed by atoms with E-state index in [0.29, 0.717) is 17.1 Å². The molecule has 1 amide bonds. The van der Waals surface area contributed by atoms with Crippen LogP contribution in [0, 0.1) is 0 Å². The molecule has 0 aliphatic carbocycles. The van der Waals surface area contributed by atoms with Crippen LogP contribution in [0.1, 0.15) is 48.0 Å². The van der Waals surface area contributed by atoms with E-state index in [1.807, 2.05) is 61.5 Å². The van der Waals surface area contributed by atoms with Crippen molar-refractivity contribution >= 4 is 11.6 Å². The summed E-state index contributed by atoms with van der Waals surface area (Å²) in [5, 5.41) is 14.5. The van der Waals surface area contributed by atoms with E-state index in [1.54, 1.807) is 10.9 Å². The highest BCUT2D eigenvalue weighted by atomic mass is 16.5. The Hall–Kier alpha value is -3.19. The Labute approximate surface area is 170 Å². The molecule has 150 valence electrons. The lowest BCUT2D eigenvalue weighted by Crippen LogP contribution is -2.29. The number of ether oxygens (including phenoxy) is 1. The SMILES string of the molecule is CC(Oc1ccccc1NC(=O)c1cn(C2CCNCC2)nn1)c1ccccc1. The first kappa shape index (κ1) is 19.1. The van der Waals surface area contributed by atoms with E-state index in [1.165, 1.54) is 0 Å². The maximum Gasteiger partial charge on any atom is 0.277 e. The average molecular weight is 391 g/mol. The van der Waals surface area contributed by atoms with E-state index in [0.717, 1.165) is 31.5 Å². The first-order chi connectivity index (χ1) is 14.2. The molecule has 0 radical (unpaired) electrons. The zero-order valence-electron chi connectivity index (χ0n) is 16.4. The molecule has 1 atom stereocenters. The highest BCUT2D eigenvalue weighted by Gasteiger charge is 2.20. The van der Waals surface area contributed by atoms with Gasteiger partial charge in [-0.05, 0) is 50.6 Å². The number of aromatic nitrogens is 3. The Morgan fingerprint density at radius 3 is 2.66 bits per heavy atom. The minimum Gasteiger partial charge on any atom is -0.484 e. The molecule has 1 unspecified atom stereocenters. The van der Waals surface area contributed by atoms with Gasteiger partial charge in [-0.15, -0.1) is 5.10 Å². The fourth-order valence-electron chi connectivity index (χ4n) is 3.47. The summed E-state index contributed by atoms with van der Waals surface area (Å²) in [5.74, 6) is 0.316. The molecule has 7 heteroatoms. The summed E-state index contributed by atoms with van der Waals surface area (Å²) in [7, 11) is 0. The third-order valence-electron chi connectivity index (χ3n) is 5.13. The molecule has 1 aromatic heterocycles. The van der Waals surface area contributed by atoms with Crippen molar-refractivity contribution in [1.82, 2.24) is 20.3 Å². The van der Waals surface area contributed by atoms with E-state index in [2.05, 4.69) is 20.9 Å². The first-order valence-corrected chi connectivity index (χ1v) is 9.95. The van der Waals surface area contributed by atoms with E-state index in [9.17, 15) is 4.79 Å². The van der Waals surface area contributed by atoms with Crippen molar-refractivity contribution < 1.29 is 9.53 Å². The van der Waals surface area contributed by atoms with E-state index in [4.69, 9.17) is 4.74 Å². The van der Waals surface area contributed by atoms with Crippen LogP contribution in [0.15, 0.2) is 60.8 Å². The largest absolute Gasteiger partial charge is 0.484 e. The number of nitrogens with one attached hydrogen (secondary N) is 2. The number of benzene rings is 2. The van der Waals surface area contributed by atoms with Crippen molar-refractivity contribution in [2.45, 2.75) is 31.9 Å². The second-order valence-electron chi connectivity index (χ2n) is 7.19. The lowest BCUT2D eigenvalue weighted by molar-refractivity contribution is 0.102. The van der Waals surface area contributed by atoms with Gasteiger partial charge in [0.05, 0.1) is 17.9 Å². The summed E-state index contributed by atoms with van der Waals surface area (Å²) in [4.78, 5) is 12.7. The molecular formula is C22H25N5O2. The molecule has 7 nitrogen and oxygen atoms in total. The van der Waals surface area contributed by atoms with Crippen molar-refractivity contribution in [2.75, 3.05) is 18.4 Å². The standard InChI is InChI=1S/C22H25N5O2/c1-16(17-7-3-2-4-8-17)29-21-10-6-5-9-19(21)24-22(28)20-15-27(26-25-20)18-11-13-23-14-12-18/h2-10,15-16,18,23H,11-14H2,1H3,(H,24,28). The summed E-state index contributed by atoms with van der Waals surface area (Å²) in [6.07, 6.45) is 3.55. The Bertz CT molecular complexity index is 951. The number of hydrogen-bond acceptors (Lipinski definition) is 5. The highest BCUT2D eigenvalue weighted by molar-refractivity contribution is 6.03. The van der Waals surface area contributed by atoms with Crippen LogP contribution in [0.2, 0.25) is 0 Å². The van der Waals surface area contributed by atoms with Crippen LogP contribution in [0.5, 0.6) is 5.75 Å². The predicted molar refractivity (Wildman–Crippen MR) is 111 cm³/mol. The number of piperidine rings is 1. The van der Waals surface area contributed by atoms with Gasteiger partial charge >= 0.3 is 0 Å². The normalized spacial score (nSPS) is 15.6. The van der Waals surface area contributed by atoms with Crippen LogP contribution in [0.4, 0.5) is 5.69 Å². The van der Waals surface area contributed by atoms with Gasteiger partial charge in [0.1, 0.15) is 11.9 Å². The lowest BCUT2D eigenvalue weighted by Gasteiger charge is -2.22. The van der Waals surface area contributed by atoms with E-state index >= 15 is 0 Å². The lowest BCUT2D eigenvalue weighted by atomic mass is 10.1. The number of rotatable bonds is 6. The molecule has 2 aromatic carbocycles. The number of carbonyl (C=O) groups excluding carboxylic acids is 1. The molecule has 1 saturated heterocycles. The summed E-state index contributed by atoms with van der Waals surface area (Å²) in [6.45, 7) is 3.89. The molecule has 29 heavy (non-hydrogen) atoms. The van der Waals surface area contributed by atoms with Crippen molar-refractivity contribution in [3.8, 4) is 5.75 Å². The van der Waals surface area contributed by atoms with Crippen LogP contribution in [-0.4, -0.2) is 34.0 Å². The van der Waals surface area contributed by atoms with Gasteiger partial charge in [-0.1, -0.05) is 47.7 Å². The summed E-state index contributed by atoms with van der Waals surface area (Å²) in [6, 6.07) is 17.7. The summed E-state index contributed by atoms with van der Waals surface area (Å²) < 4.78 is 7.91. The number of nitrogens with zero attached hydrogens (tertiary/aromatic N) is 3. The fourth-order valence-corrected chi connectivity index (χ4v) is 3.47. The minimum atomic E-state index is -0.298. The molecule has 1 aliphatic rings. The Morgan fingerprint density at radius 1 is 1.14 bits per heavy atom. The minimum absolute atomic E-state index is 0.143. The Kier molecular flexibility index (Phi) is 5.86. The van der Waals surface area contributed by atoms with Crippen LogP contribution in [-0.2, 0) is 0 Å². The molecular weight excluding hydrogens is 366 g/mol. The van der Waals surface area contributed by atoms with Crippen molar-refractivity contribution in [3.05, 3.63) is 72.1 Å². The van der Waals surface area contributed by atoms with Crippen molar-refractivity contribution in [1.29, 1.82) is 0 Å². The monoisotopic (exact) mass is 391 g/mol. The topological polar surface area (TPSA) is 81.1 Å². The second-order valence-corrected chi connectivity index (χ2v) is 7.19. The number of hydrogen-bond donors (Lipinski definition) is 2. The molecule has 3 aromatic rings. The molecule has 2 N–H and O–H groups in total. The Balaban J connectivity index is 1.45. The summed E-state index contributed by atoms with van der Waals surface area (Å²) in [5.41, 5.74) is 1.98. The fraction of sp³-hybridized carbons (Fsp3) is 0.318. The molecule has 2 heterocycles. The number of carbonyl (C=O) groups is 1. The highest BCUT2D eigenvalue weighted by Crippen LogP contribution is 2.29. The van der Waals surface area contributed by atoms with Gasteiger partial charge in [0.2, 0.25) is 0 Å². The quantitative estimate of drug-likeness (QED) is 0.671. The second kappa shape index (κ2) is 8.87. The molecule has 4 rings (SSSR count). The van der Waals surface area contributed by atoms with Gasteiger partial charge in [-0.25, -0.2) is 4.68 Å². The number of amides is 1. The van der Waals surface area contributed by atoms with Gasteiger partial charge in [0, 0.05) is 0 Å². The maximum atomic E-state index is 12.7. The van der Waals surface area contributed by atoms with Gasteiger partial charge in [-0.2, -0.15) is 0 Å². The Morgan fingerprint density at radius 2 is 1.86 bits per heavy atom. The number of anilines is 1. The van der Waals surface area contributed by atoms with E-state index in [-0.39, 0.29) is 18.1 Å². The predicted octanol–water partition coefficient (Wildman–Crippen LogP) is 3.59. The van der Waals surface area contributed by atoms with Gasteiger partial charge in [0.15, 0.2) is 5.69 Å². The summed E-state index contributed by atoms with van der Waals surface area (Å²) >= 11 is 0. The first-order valence-electron chi connectivity index (χ1n) is 9.95. The average Bonchev–Trinajstić information content (AvgIpc) is 3.27. The van der Waals surface area contributed by atoms with Crippen LogP contribution in [0.25, 0.3) is 0 Å². The third kappa shape index (κ3) is 4.63. The van der Waals surface area contributed by atoms with Gasteiger partial charge < -0.3 is 15.4 Å². The van der Waals surface area contributed by atoms with Gasteiger partial charge in [0.25, 0.3) is 5.91 Å². The van der Waals surface area contributed by atoms with Crippen molar-refractivity contribution in [2.24, 2.45) is 0 Å². The molecule has 0 bridgehead atoms. The van der Waals surface area contributed by atoms with E-state index < -0.39 is 0 Å². The molecule has 1 fully saturated rings. The smallest absolute Gasteiger partial charge is 0.277 e. The number of para-hydroxylation sites is 2. The van der Waals surface area contributed by atoms with Crippen LogP contribution in [0.3, 0.4) is 0 Å². The van der Waals surface area contributed by atoms with Crippen LogP contribution >= 0.6 is 0 Å². The third-order valence-corrected chi connectivity index (χ3v) is 5.13. The molecule has 1 aliphatic heterocycles. The van der Waals surface area contributed by atoms with Crippen LogP contribution < -0.4 is 15.4 Å². The zero-order chi connectivity index (χ0) is 20.1.